The molecule has 7 heteroatoms. The number of aryl methyl sites for hydroxylation is 1. The average Bonchev–Trinajstić information content (AvgIpc) is 3.25. The van der Waals surface area contributed by atoms with Crippen LogP contribution >= 0.6 is 0 Å². The first-order valence-electron chi connectivity index (χ1n) is 11.1. The van der Waals surface area contributed by atoms with Crippen LogP contribution in [0.2, 0.25) is 0 Å². The summed E-state index contributed by atoms with van der Waals surface area (Å²) in [6.45, 7) is 9.14. The van der Waals surface area contributed by atoms with Gasteiger partial charge in [-0.05, 0) is 51.6 Å². The molecule has 0 radical (unpaired) electrons. The second-order valence-electron chi connectivity index (χ2n) is 9.05. The number of nitrogens with zero attached hydrogens (tertiary/aromatic N) is 3. The molecule has 2 fully saturated rings. The molecule has 1 aliphatic heterocycles. The Hall–Kier alpha value is -1.89. The highest BCUT2D eigenvalue weighted by atomic mass is 16.4. The van der Waals surface area contributed by atoms with Gasteiger partial charge in [0.05, 0.1) is 0 Å². The van der Waals surface area contributed by atoms with Crippen molar-refractivity contribution in [2.75, 3.05) is 33.2 Å². The van der Waals surface area contributed by atoms with E-state index in [0.29, 0.717) is 36.2 Å². The molecular weight excluding hydrogens is 368 g/mol. The molecule has 1 saturated heterocycles. The Balaban J connectivity index is 1.69. The number of aromatic nitrogens is 1. The summed E-state index contributed by atoms with van der Waals surface area (Å²) in [5, 5.41) is 3.11. The van der Waals surface area contributed by atoms with Crippen LogP contribution in [0.15, 0.2) is 4.42 Å². The van der Waals surface area contributed by atoms with Crippen molar-refractivity contribution in [1.29, 1.82) is 0 Å². The molecule has 0 bridgehead atoms. The van der Waals surface area contributed by atoms with E-state index in [9.17, 15) is 9.59 Å². The van der Waals surface area contributed by atoms with Gasteiger partial charge in [-0.25, -0.2) is 4.98 Å². The molecule has 1 N–H and O–H groups in total. The van der Waals surface area contributed by atoms with E-state index in [1.807, 2.05) is 18.7 Å². The minimum Gasteiger partial charge on any atom is -0.443 e. The number of likely N-dealkylation sites (N-methyl/N-ethyl adjacent to an activating group) is 1. The Morgan fingerprint density at radius 2 is 1.86 bits per heavy atom. The molecular formula is C22H36N4O3. The third-order valence-electron chi connectivity index (χ3n) is 6.22. The van der Waals surface area contributed by atoms with E-state index in [1.54, 1.807) is 6.92 Å². The van der Waals surface area contributed by atoms with E-state index in [-0.39, 0.29) is 23.8 Å². The summed E-state index contributed by atoms with van der Waals surface area (Å²) in [5.41, 5.74) is 0.375. The molecule has 3 rings (SSSR count). The van der Waals surface area contributed by atoms with Crippen LogP contribution < -0.4 is 5.32 Å². The molecule has 0 aromatic carbocycles. The van der Waals surface area contributed by atoms with Crippen molar-refractivity contribution in [3.8, 4) is 0 Å². The summed E-state index contributed by atoms with van der Waals surface area (Å²) in [6.07, 6.45) is 6.25. The fraction of sp³-hybridized carbons (Fsp3) is 0.773. The molecule has 0 unspecified atom stereocenters. The normalized spacial score (nSPS) is 20.1. The monoisotopic (exact) mass is 404 g/mol. The van der Waals surface area contributed by atoms with Gasteiger partial charge in [0.1, 0.15) is 11.8 Å². The number of hydrogen-bond acceptors (Lipinski definition) is 5. The maximum Gasteiger partial charge on any atom is 0.276 e. The van der Waals surface area contributed by atoms with Gasteiger partial charge in [0.15, 0.2) is 5.69 Å². The third kappa shape index (κ3) is 5.59. The molecule has 29 heavy (non-hydrogen) atoms. The SMILES string of the molecule is Cc1oc([C@@H](NC(=O)CC2CCCC2)C(C)C)nc1C(=O)N1CCCN(C)CC1. The van der Waals surface area contributed by atoms with Crippen LogP contribution in [-0.2, 0) is 4.79 Å². The Bertz CT molecular complexity index is 709. The van der Waals surface area contributed by atoms with Gasteiger partial charge in [0.25, 0.3) is 5.91 Å². The van der Waals surface area contributed by atoms with Crippen molar-refractivity contribution in [3.05, 3.63) is 17.3 Å². The van der Waals surface area contributed by atoms with Gasteiger partial charge in [-0.2, -0.15) is 0 Å². The van der Waals surface area contributed by atoms with E-state index in [0.717, 1.165) is 38.9 Å². The van der Waals surface area contributed by atoms with Crippen LogP contribution in [0, 0.1) is 18.8 Å². The fourth-order valence-electron chi connectivity index (χ4n) is 4.37. The number of rotatable bonds is 6. The van der Waals surface area contributed by atoms with Crippen LogP contribution in [0.5, 0.6) is 0 Å². The van der Waals surface area contributed by atoms with Crippen LogP contribution in [0.25, 0.3) is 0 Å². The van der Waals surface area contributed by atoms with Gasteiger partial charge in [0.2, 0.25) is 11.8 Å². The summed E-state index contributed by atoms with van der Waals surface area (Å²) in [5.74, 6) is 1.55. The van der Waals surface area contributed by atoms with Crippen molar-refractivity contribution >= 4 is 11.8 Å². The number of carbonyl (C=O) groups is 2. The Kier molecular flexibility index (Phi) is 7.33. The quantitative estimate of drug-likeness (QED) is 0.788. The van der Waals surface area contributed by atoms with Crippen molar-refractivity contribution in [1.82, 2.24) is 20.1 Å². The minimum absolute atomic E-state index is 0.0508. The average molecular weight is 405 g/mol. The van der Waals surface area contributed by atoms with Crippen molar-refractivity contribution in [2.24, 2.45) is 11.8 Å². The van der Waals surface area contributed by atoms with Crippen molar-refractivity contribution < 1.29 is 14.0 Å². The summed E-state index contributed by atoms with van der Waals surface area (Å²) in [4.78, 5) is 34.3. The molecule has 162 valence electrons. The molecule has 1 atom stereocenters. The number of oxazole rings is 1. The third-order valence-corrected chi connectivity index (χ3v) is 6.22. The lowest BCUT2D eigenvalue weighted by molar-refractivity contribution is -0.123. The smallest absolute Gasteiger partial charge is 0.276 e. The van der Waals surface area contributed by atoms with Crippen molar-refractivity contribution in [2.45, 2.75) is 65.3 Å². The summed E-state index contributed by atoms with van der Waals surface area (Å²) in [6, 6.07) is -0.320. The molecule has 1 aromatic heterocycles. The second kappa shape index (κ2) is 9.74. The molecule has 1 aliphatic carbocycles. The zero-order valence-corrected chi connectivity index (χ0v) is 18.4. The molecule has 2 aliphatic rings. The van der Waals surface area contributed by atoms with Gasteiger partial charge in [-0.3, -0.25) is 9.59 Å². The Morgan fingerprint density at radius 3 is 2.55 bits per heavy atom. The number of amides is 2. The summed E-state index contributed by atoms with van der Waals surface area (Å²) >= 11 is 0. The predicted octanol–water partition coefficient (Wildman–Crippen LogP) is 3.15. The minimum atomic E-state index is -0.320. The standard InChI is InChI=1S/C22H36N4O3/c1-15(2)19(23-18(27)14-17-8-5-6-9-17)21-24-20(16(3)29-21)22(28)26-11-7-10-25(4)12-13-26/h15,17,19H,5-14H2,1-4H3,(H,23,27)/t19-/m0/s1. The van der Waals surface area contributed by atoms with Crippen LogP contribution in [0.3, 0.4) is 0 Å². The van der Waals surface area contributed by atoms with Gasteiger partial charge < -0.3 is 19.5 Å². The van der Waals surface area contributed by atoms with E-state index < -0.39 is 0 Å². The molecule has 1 saturated carbocycles. The van der Waals surface area contributed by atoms with Gasteiger partial charge in [-0.15, -0.1) is 0 Å². The first-order chi connectivity index (χ1) is 13.8. The number of nitrogens with one attached hydrogen (secondary N) is 1. The van der Waals surface area contributed by atoms with Crippen LogP contribution in [0.1, 0.15) is 80.6 Å². The first kappa shape index (κ1) is 21.8. The van der Waals surface area contributed by atoms with E-state index in [1.165, 1.54) is 12.8 Å². The molecule has 0 spiro atoms. The predicted molar refractivity (Wildman–Crippen MR) is 112 cm³/mol. The zero-order valence-electron chi connectivity index (χ0n) is 18.4. The van der Waals surface area contributed by atoms with Crippen molar-refractivity contribution in [3.63, 3.8) is 0 Å². The molecule has 1 aromatic rings. The Labute approximate surface area is 174 Å². The molecule has 2 amide bonds. The highest BCUT2D eigenvalue weighted by Gasteiger charge is 2.30. The lowest BCUT2D eigenvalue weighted by atomic mass is 10.0. The van der Waals surface area contributed by atoms with E-state index >= 15 is 0 Å². The van der Waals surface area contributed by atoms with Gasteiger partial charge >= 0.3 is 0 Å². The Morgan fingerprint density at radius 1 is 1.14 bits per heavy atom. The van der Waals surface area contributed by atoms with Crippen LogP contribution in [0.4, 0.5) is 0 Å². The van der Waals surface area contributed by atoms with Gasteiger partial charge in [-0.1, -0.05) is 26.7 Å². The first-order valence-corrected chi connectivity index (χ1v) is 11.1. The van der Waals surface area contributed by atoms with Crippen LogP contribution in [-0.4, -0.2) is 59.8 Å². The highest BCUT2D eigenvalue weighted by Crippen LogP contribution is 2.29. The number of carbonyl (C=O) groups excluding carboxylic acids is 2. The summed E-state index contributed by atoms with van der Waals surface area (Å²) in [7, 11) is 2.08. The highest BCUT2D eigenvalue weighted by molar-refractivity contribution is 5.93. The zero-order chi connectivity index (χ0) is 21.0. The summed E-state index contributed by atoms with van der Waals surface area (Å²) < 4.78 is 5.89. The molecule has 2 heterocycles. The van der Waals surface area contributed by atoms with E-state index in [2.05, 4.69) is 22.2 Å². The lowest BCUT2D eigenvalue weighted by Crippen LogP contribution is -2.35. The number of hydrogen-bond donors (Lipinski definition) is 1. The lowest BCUT2D eigenvalue weighted by Gasteiger charge is -2.20. The maximum absolute atomic E-state index is 13.0. The second-order valence-corrected chi connectivity index (χ2v) is 9.05. The molecule has 7 nitrogen and oxygen atoms in total. The maximum atomic E-state index is 13.0. The van der Waals surface area contributed by atoms with Gasteiger partial charge in [0, 0.05) is 26.1 Å². The largest absolute Gasteiger partial charge is 0.443 e. The topological polar surface area (TPSA) is 78.7 Å². The fourth-order valence-corrected chi connectivity index (χ4v) is 4.37. The van der Waals surface area contributed by atoms with E-state index in [4.69, 9.17) is 4.42 Å².